The first-order valence-corrected chi connectivity index (χ1v) is 9.93. The molecule has 7 heteroatoms. The van der Waals surface area contributed by atoms with E-state index in [0.29, 0.717) is 5.56 Å². The van der Waals surface area contributed by atoms with E-state index in [1.807, 2.05) is 30.3 Å². The second-order valence-electron chi connectivity index (χ2n) is 7.22. The number of amides is 1. The van der Waals surface area contributed by atoms with Crippen molar-refractivity contribution in [2.24, 2.45) is 10.9 Å². The SMILES string of the molecule is N#Cc1ccccc1-c1ccc(CC(=O)N[C@@H](Cc2cccc(/C=N/N)c2)C(=O)O)cc1. The first-order valence-electron chi connectivity index (χ1n) is 9.93. The summed E-state index contributed by atoms with van der Waals surface area (Å²) in [5.74, 6) is 3.66. The number of carbonyl (C=O) groups excluding carboxylic acids is 1. The maximum Gasteiger partial charge on any atom is 0.326 e. The Morgan fingerprint density at radius 1 is 1.06 bits per heavy atom. The van der Waals surface area contributed by atoms with Gasteiger partial charge < -0.3 is 16.3 Å². The zero-order chi connectivity index (χ0) is 22.9. The Bertz CT molecular complexity index is 1180. The second kappa shape index (κ2) is 10.5. The molecule has 0 unspecified atom stereocenters. The van der Waals surface area contributed by atoms with Crippen molar-refractivity contribution in [3.05, 3.63) is 95.1 Å². The third-order valence-electron chi connectivity index (χ3n) is 4.92. The van der Waals surface area contributed by atoms with Crippen molar-refractivity contribution >= 4 is 18.1 Å². The van der Waals surface area contributed by atoms with Gasteiger partial charge in [0.1, 0.15) is 6.04 Å². The van der Waals surface area contributed by atoms with Crippen molar-refractivity contribution in [2.75, 3.05) is 0 Å². The van der Waals surface area contributed by atoms with Crippen molar-refractivity contribution in [3.63, 3.8) is 0 Å². The molecular weight excluding hydrogens is 404 g/mol. The summed E-state index contributed by atoms with van der Waals surface area (Å²) in [6.07, 6.45) is 1.65. The monoisotopic (exact) mass is 426 g/mol. The fraction of sp³-hybridized carbons (Fsp3) is 0.120. The van der Waals surface area contributed by atoms with Crippen LogP contribution in [-0.2, 0) is 22.4 Å². The lowest BCUT2D eigenvalue weighted by atomic mass is 9.98. The Hall–Kier alpha value is -4.44. The van der Waals surface area contributed by atoms with E-state index < -0.39 is 12.0 Å². The van der Waals surface area contributed by atoms with Crippen LogP contribution in [0, 0.1) is 11.3 Å². The second-order valence-corrected chi connectivity index (χ2v) is 7.22. The van der Waals surface area contributed by atoms with Crippen LogP contribution in [0.3, 0.4) is 0 Å². The molecule has 0 bridgehead atoms. The largest absolute Gasteiger partial charge is 0.480 e. The van der Waals surface area contributed by atoms with Crippen LogP contribution in [-0.4, -0.2) is 29.2 Å². The van der Waals surface area contributed by atoms with Crippen LogP contribution in [0.2, 0.25) is 0 Å². The normalized spacial score (nSPS) is 11.6. The highest BCUT2D eigenvalue weighted by atomic mass is 16.4. The van der Waals surface area contributed by atoms with Gasteiger partial charge in [-0.05, 0) is 33.9 Å². The van der Waals surface area contributed by atoms with E-state index in [-0.39, 0.29) is 18.7 Å². The highest BCUT2D eigenvalue weighted by Crippen LogP contribution is 2.23. The van der Waals surface area contributed by atoms with Gasteiger partial charge in [0.15, 0.2) is 0 Å². The molecule has 0 radical (unpaired) electrons. The minimum Gasteiger partial charge on any atom is -0.480 e. The smallest absolute Gasteiger partial charge is 0.326 e. The minimum atomic E-state index is -1.11. The molecule has 0 aliphatic heterocycles. The van der Waals surface area contributed by atoms with E-state index in [4.69, 9.17) is 5.84 Å². The van der Waals surface area contributed by atoms with Crippen LogP contribution >= 0.6 is 0 Å². The lowest BCUT2D eigenvalue weighted by molar-refractivity contribution is -0.141. The van der Waals surface area contributed by atoms with Crippen molar-refractivity contribution in [1.29, 1.82) is 5.26 Å². The molecule has 32 heavy (non-hydrogen) atoms. The number of hydrogen-bond donors (Lipinski definition) is 3. The predicted octanol–water partition coefficient (Wildman–Crippen LogP) is 2.87. The number of aliphatic carboxylic acids is 1. The molecule has 0 spiro atoms. The number of rotatable bonds is 8. The Morgan fingerprint density at radius 3 is 2.50 bits per heavy atom. The zero-order valence-electron chi connectivity index (χ0n) is 17.2. The Morgan fingerprint density at radius 2 is 1.81 bits per heavy atom. The molecule has 1 amide bonds. The van der Waals surface area contributed by atoms with Crippen LogP contribution in [0.4, 0.5) is 0 Å². The van der Waals surface area contributed by atoms with E-state index in [9.17, 15) is 20.0 Å². The number of carbonyl (C=O) groups is 2. The van der Waals surface area contributed by atoms with E-state index in [0.717, 1.165) is 27.8 Å². The number of carboxylic acids is 1. The average Bonchev–Trinajstić information content (AvgIpc) is 2.79. The topological polar surface area (TPSA) is 129 Å². The van der Waals surface area contributed by atoms with Gasteiger partial charge in [-0.15, -0.1) is 0 Å². The molecule has 0 saturated carbocycles. The van der Waals surface area contributed by atoms with Gasteiger partial charge in [0.05, 0.1) is 24.3 Å². The third kappa shape index (κ3) is 5.80. The van der Waals surface area contributed by atoms with Crippen LogP contribution in [0.25, 0.3) is 11.1 Å². The standard InChI is InChI=1S/C25H22N4O3/c26-15-21-6-1-2-7-22(21)20-10-8-17(9-11-20)14-24(30)29-23(25(31)32)13-18-4-3-5-19(12-18)16-28-27/h1-12,16,23H,13-14,27H2,(H,29,30)(H,31,32)/b28-16+/t23-/m0/s1. The summed E-state index contributed by atoms with van der Waals surface area (Å²) in [5.41, 5.74) is 4.50. The van der Waals surface area contributed by atoms with Crippen molar-refractivity contribution in [1.82, 2.24) is 5.32 Å². The van der Waals surface area contributed by atoms with E-state index >= 15 is 0 Å². The summed E-state index contributed by atoms with van der Waals surface area (Å²) in [4.78, 5) is 24.2. The van der Waals surface area contributed by atoms with Crippen LogP contribution in [0.5, 0.6) is 0 Å². The van der Waals surface area contributed by atoms with E-state index in [1.54, 1.807) is 42.5 Å². The van der Waals surface area contributed by atoms with Gasteiger partial charge >= 0.3 is 5.97 Å². The molecule has 0 aromatic heterocycles. The number of nitriles is 1. The molecule has 0 saturated heterocycles. The summed E-state index contributed by atoms with van der Waals surface area (Å²) in [7, 11) is 0. The minimum absolute atomic E-state index is 0.0455. The molecule has 3 aromatic rings. The predicted molar refractivity (Wildman–Crippen MR) is 122 cm³/mol. The Kier molecular flexibility index (Phi) is 7.33. The molecule has 0 heterocycles. The molecule has 3 rings (SSSR count). The quantitative estimate of drug-likeness (QED) is 0.290. The summed E-state index contributed by atoms with van der Waals surface area (Å²) >= 11 is 0. The van der Waals surface area contributed by atoms with Crippen molar-refractivity contribution in [3.8, 4) is 17.2 Å². The molecule has 0 aliphatic rings. The van der Waals surface area contributed by atoms with Gasteiger partial charge in [0.2, 0.25) is 5.91 Å². The van der Waals surface area contributed by atoms with Crippen molar-refractivity contribution in [2.45, 2.75) is 18.9 Å². The van der Waals surface area contributed by atoms with Gasteiger partial charge in [-0.1, -0.05) is 66.7 Å². The average molecular weight is 426 g/mol. The maximum atomic E-state index is 12.5. The maximum absolute atomic E-state index is 12.5. The lowest BCUT2D eigenvalue weighted by Gasteiger charge is -2.15. The molecule has 160 valence electrons. The molecule has 1 atom stereocenters. The molecule has 7 nitrogen and oxygen atoms in total. The summed E-state index contributed by atoms with van der Waals surface area (Å²) in [6.45, 7) is 0. The number of carboxylic acid groups (broad SMARTS) is 1. The number of nitrogens with two attached hydrogens (primary N) is 1. The number of nitrogens with zero attached hydrogens (tertiary/aromatic N) is 2. The van der Waals surface area contributed by atoms with E-state index in [1.165, 1.54) is 6.21 Å². The number of benzene rings is 3. The molecular formula is C25H22N4O3. The van der Waals surface area contributed by atoms with E-state index in [2.05, 4.69) is 16.5 Å². The molecule has 4 N–H and O–H groups in total. The van der Waals surface area contributed by atoms with Gasteiger partial charge in [0, 0.05) is 6.42 Å². The Balaban J connectivity index is 1.66. The highest BCUT2D eigenvalue weighted by Gasteiger charge is 2.20. The number of nitrogens with one attached hydrogen (secondary N) is 1. The van der Waals surface area contributed by atoms with Gasteiger partial charge in [-0.25, -0.2) is 4.79 Å². The fourth-order valence-corrected chi connectivity index (χ4v) is 3.39. The van der Waals surface area contributed by atoms with Crippen LogP contribution in [0.15, 0.2) is 77.9 Å². The third-order valence-corrected chi connectivity index (χ3v) is 4.92. The zero-order valence-corrected chi connectivity index (χ0v) is 17.2. The van der Waals surface area contributed by atoms with Crippen LogP contribution < -0.4 is 11.2 Å². The first-order chi connectivity index (χ1) is 15.5. The highest BCUT2D eigenvalue weighted by molar-refractivity contribution is 5.85. The first kappa shape index (κ1) is 22.2. The van der Waals surface area contributed by atoms with Gasteiger partial charge in [-0.3, -0.25) is 4.79 Å². The molecule has 0 fully saturated rings. The lowest BCUT2D eigenvalue weighted by Crippen LogP contribution is -2.43. The molecule has 0 aliphatic carbocycles. The fourth-order valence-electron chi connectivity index (χ4n) is 3.39. The van der Waals surface area contributed by atoms with Gasteiger partial charge in [-0.2, -0.15) is 10.4 Å². The van der Waals surface area contributed by atoms with Gasteiger partial charge in [0.25, 0.3) is 0 Å². The number of hydrazone groups is 1. The van der Waals surface area contributed by atoms with Crippen LogP contribution in [0.1, 0.15) is 22.3 Å². The number of hydrogen-bond acceptors (Lipinski definition) is 5. The summed E-state index contributed by atoms with van der Waals surface area (Å²) in [5, 5.41) is 24.9. The summed E-state index contributed by atoms with van der Waals surface area (Å²) < 4.78 is 0. The molecule has 3 aromatic carbocycles. The van der Waals surface area contributed by atoms with Crippen molar-refractivity contribution < 1.29 is 14.7 Å². The summed E-state index contributed by atoms with van der Waals surface area (Å²) in [6, 6.07) is 22.8. The Labute approximate surface area is 185 Å².